The van der Waals surface area contributed by atoms with Gasteiger partial charge in [-0.1, -0.05) is 13.8 Å². The first-order chi connectivity index (χ1) is 5.13. The van der Waals surface area contributed by atoms with Gasteiger partial charge in [-0.2, -0.15) is 0 Å². The first kappa shape index (κ1) is 7.84. The normalized spacial score (nSPS) is 22.5. The van der Waals surface area contributed by atoms with Gasteiger partial charge in [0.2, 0.25) is 6.04 Å². The Hall–Kier alpha value is -1.26. The fraction of sp³-hybridized carbons (Fsp3) is 0.667. The summed E-state index contributed by atoms with van der Waals surface area (Å²) in [5.41, 5.74) is 0.525. The third-order valence-corrected chi connectivity index (χ3v) is 1.43. The summed E-state index contributed by atoms with van der Waals surface area (Å²) in [5, 5.41) is 19.0. The van der Waals surface area contributed by atoms with E-state index in [1.165, 1.54) is 0 Å². The van der Waals surface area contributed by atoms with E-state index in [-0.39, 0.29) is 5.92 Å². The van der Waals surface area contributed by atoms with Crippen molar-refractivity contribution < 1.29 is 9.90 Å². The lowest BCUT2D eigenvalue weighted by molar-refractivity contribution is -0.136. The van der Waals surface area contributed by atoms with Crippen LogP contribution in [0.1, 0.15) is 13.8 Å². The molecule has 5 heteroatoms. The molecule has 11 heavy (non-hydrogen) atoms. The SMILES string of the molecule is CC(C)C1=NN=NC1C(=O)O. The largest absolute Gasteiger partial charge is 0.479 e. The zero-order valence-corrected chi connectivity index (χ0v) is 6.35. The van der Waals surface area contributed by atoms with E-state index < -0.39 is 12.0 Å². The average molecular weight is 155 g/mol. The molecule has 1 heterocycles. The Morgan fingerprint density at radius 1 is 1.64 bits per heavy atom. The summed E-state index contributed by atoms with van der Waals surface area (Å²) in [6.45, 7) is 3.73. The fourth-order valence-electron chi connectivity index (χ4n) is 0.850. The molecule has 0 saturated heterocycles. The van der Waals surface area contributed by atoms with E-state index in [1.807, 2.05) is 13.8 Å². The van der Waals surface area contributed by atoms with Crippen LogP contribution < -0.4 is 0 Å². The van der Waals surface area contributed by atoms with Crippen LogP contribution in [0.3, 0.4) is 0 Å². The minimum atomic E-state index is -0.987. The average Bonchev–Trinajstić information content (AvgIpc) is 2.32. The fourth-order valence-corrected chi connectivity index (χ4v) is 0.850. The Balaban J connectivity index is 2.77. The molecular weight excluding hydrogens is 146 g/mol. The quantitative estimate of drug-likeness (QED) is 0.643. The molecule has 0 aromatic carbocycles. The molecule has 0 aromatic heterocycles. The van der Waals surface area contributed by atoms with Crippen LogP contribution in [0.5, 0.6) is 0 Å². The lowest BCUT2D eigenvalue weighted by Gasteiger charge is -2.06. The van der Waals surface area contributed by atoms with Crippen molar-refractivity contribution in [2.75, 3.05) is 0 Å². The molecule has 60 valence electrons. The number of carbonyl (C=O) groups is 1. The summed E-state index contributed by atoms with van der Waals surface area (Å²) >= 11 is 0. The first-order valence-electron chi connectivity index (χ1n) is 3.33. The molecule has 0 aliphatic carbocycles. The van der Waals surface area contributed by atoms with Gasteiger partial charge in [0, 0.05) is 0 Å². The highest BCUT2D eigenvalue weighted by molar-refractivity contribution is 6.07. The van der Waals surface area contributed by atoms with Gasteiger partial charge in [-0.25, -0.2) is 4.79 Å². The van der Waals surface area contributed by atoms with E-state index in [1.54, 1.807) is 0 Å². The summed E-state index contributed by atoms with van der Waals surface area (Å²) in [5.74, 6) is -0.898. The predicted octanol–water partition coefficient (Wildman–Crippen LogP) is 0.917. The maximum absolute atomic E-state index is 10.5. The second-order valence-corrected chi connectivity index (χ2v) is 2.63. The van der Waals surface area contributed by atoms with Crippen molar-refractivity contribution in [2.24, 2.45) is 21.4 Å². The van der Waals surface area contributed by atoms with E-state index in [2.05, 4.69) is 15.4 Å². The molecule has 1 unspecified atom stereocenters. The van der Waals surface area contributed by atoms with Crippen molar-refractivity contribution in [1.29, 1.82) is 0 Å². The van der Waals surface area contributed by atoms with E-state index in [9.17, 15) is 4.79 Å². The maximum Gasteiger partial charge on any atom is 0.336 e. The van der Waals surface area contributed by atoms with E-state index in [4.69, 9.17) is 5.11 Å². The Bertz CT molecular complexity index is 232. The smallest absolute Gasteiger partial charge is 0.336 e. The van der Waals surface area contributed by atoms with Crippen molar-refractivity contribution in [1.82, 2.24) is 0 Å². The number of nitrogens with zero attached hydrogens (tertiary/aromatic N) is 3. The monoisotopic (exact) mass is 155 g/mol. The number of rotatable bonds is 2. The highest BCUT2D eigenvalue weighted by atomic mass is 16.4. The molecule has 1 atom stereocenters. The molecule has 0 radical (unpaired) electrons. The lowest BCUT2D eigenvalue weighted by Crippen LogP contribution is -2.29. The molecule has 0 fully saturated rings. The van der Waals surface area contributed by atoms with Crippen LogP contribution in [0.2, 0.25) is 0 Å². The highest BCUT2D eigenvalue weighted by Crippen LogP contribution is 2.12. The van der Waals surface area contributed by atoms with Crippen molar-refractivity contribution >= 4 is 11.7 Å². The molecular formula is C6H9N3O2. The molecule has 0 saturated carbocycles. The molecule has 5 nitrogen and oxygen atoms in total. The molecule has 0 spiro atoms. The Labute approximate surface area is 63.8 Å². The van der Waals surface area contributed by atoms with Gasteiger partial charge in [0.1, 0.15) is 0 Å². The summed E-state index contributed by atoms with van der Waals surface area (Å²) < 4.78 is 0. The van der Waals surface area contributed by atoms with Gasteiger partial charge in [0.05, 0.1) is 5.71 Å². The topological polar surface area (TPSA) is 74.4 Å². The van der Waals surface area contributed by atoms with Crippen LogP contribution >= 0.6 is 0 Å². The highest BCUT2D eigenvalue weighted by Gasteiger charge is 2.29. The zero-order chi connectivity index (χ0) is 8.43. The van der Waals surface area contributed by atoms with Gasteiger partial charge in [-0.15, -0.1) is 10.2 Å². The summed E-state index contributed by atoms with van der Waals surface area (Å²) in [6, 6.07) is -0.852. The minimum absolute atomic E-state index is 0.0890. The summed E-state index contributed by atoms with van der Waals surface area (Å²) in [4.78, 5) is 10.5. The number of hydrogen-bond acceptors (Lipinski definition) is 4. The Kier molecular flexibility index (Phi) is 1.98. The Morgan fingerprint density at radius 2 is 2.27 bits per heavy atom. The molecule has 1 rings (SSSR count). The number of carboxylic acid groups (broad SMARTS) is 1. The predicted molar refractivity (Wildman–Crippen MR) is 38.6 cm³/mol. The standard InChI is InChI=1S/C6H9N3O2/c1-3(2)4-5(6(10)11)8-9-7-4/h3,5H,1-2H3,(H,10,11). The second kappa shape index (κ2) is 2.77. The van der Waals surface area contributed by atoms with E-state index >= 15 is 0 Å². The van der Waals surface area contributed by atoms with Crippen molar-refractivity contribution in [3.63, 3.8) is 0 Å². The van der Waals surface area contributed by atoms with Gasteiger partial charge < -0.3 is 5.11 Å². The number of hydrogen-bond donors (Lipinski definition) is 1. The van der Waals surface area contributed by atoms with E-state index in [0.29, 0.717) is 5.71 Å². The van der Waals surface area contributed by atoms with Crippen LogP contribution in [-0.4, -0.2) is 22.8 Å². The summed E-state index contributed by atoms with van der Waals surface area (Å²) in [7, 11) is 0. The minimum Gasteiger partial charge on any atom is -0.479 e. The van der Waals surface area contributed by atoms with Crippen molar-refractivity contribution in [3.05, 3.63) is 0 Å². The lowest BCUT2D eigenvalue weighted by atomic mass is 10.0. The summed E-state index contributed by atoms with van der Waals surface area (Å²) in [6.07, 6.45) is 0. The molecule has 0 amide bonds. The molecule has 0 bridgehead atoms. The van der Waals surface area contributed by atoms with Crippen LogP contribution in [-0.2, 0) is 4.79 Å². The zero-order valence-electron chi connectivity index (χ0n) is 6.35. The second-order valence-electron chi connectivity index (χ2n) is 2.63. The van der Waals surface area contributed by atoms with Crippen molar-refractivity contribution in [3.8, 4) is 0 Å². The van der Waals surface area contributed by atoms with Gasteiger partial charge >= 0.3 is 5.97 Å². The van der Waals surface area contributed by atoms with Gasteiger partial charge in [0.15, 0.2) is 0 Å². The van der Waals surface area contributed by atoms with Gasteiger partial charge in [0.25, 0.3) is 0 Å². The van der Waals surface area contributed by atoms with Crippen molar-refractivity contribution in [2.45, 2.75) is 19.9 Å². The maximum atomic E-state index is 10.5. The third-order valence-electron chi connectivity index (χ3n) is 1.43. The first-order valence-corrected chi connectivity index (χ1v) is 3.33. The van der Waals surface area contributed by atoms with Crippen LogP contribution in [0.4, 0.5) is 0 Å². The van der Waals surface area contributed by atoms with Gasteiger partial charge in [-0.3, -0.25) is 0 Å². The Morgan fingerprint density at radius 3 is 2.64 bits per heavy atom. The van der Waals surface area contributed by atoms with E-state index in [0.717, 1.165) is 0 Å². The molecule has 0 aromatic rings. The van der Waals surface area contributed by atoms with Gasteiger partial charge in [-0.05, 0) is 11.1 Å². The number of carboxylic acids is 1. The third kappa shape index (κ3) is 1.42. The molecule has 1 aliphatic heterocycles. The van der Waals surface area contributed by atoms with Crippen LogP contribution in [0, 0.1) is 5.92 Å². The number of aliphatic carboxylic acids is 1. The molecule has 1 N–H and O–H groups in total. The van der Waals surface area contributed by atoms with Crippen LogP contribution in [0.15, 0.2) is 15.4 Å². The van der Waals surface area contributed by atoms with Crippen LogP contribution in [0.25, 0.3) is 0 Å². The molecule has 1 aliphatic rings.